The molecule has 1 aliphatic rings. The molecule has 0 radical (unpaired) electrons. The minimum atomic E-state index is -0.277. The Balaban J connectivity index is 1.39. The first kappa shape index (κ1) is 30.7. The third kappa shape index (κ3) is 6.43. The summed E-state index contributed by atoms with van der Waals surface area (Å²) >= 11 is 0. The van der Waals surface area contributed by atoms with Crippen LogP contribution in [0.3, 0.4) is 0 Å². The quantitative estimate of drug-likeness (QED) is 0.292. The fraction of sp³-hybridized carbons (Fsp3) is 0.314. The van der Waals surface area contributed by atoms with Crippen molar-refractivity contribution in [1.29, 1.82) is 0 Å². The van der Waals surface area contributed by atoms with Crippen molar-refractivity contribution in [3.8, 4) is 11.3 Å². The number of rotatable bonds is 6. The Morgan fingerprint density at radius 1 is 0.886 bits per heavy atom. The van der Waals surface area contributed by atoms with Crippen molar-refractivity contribution < 1.29 is 14.3 Å². The Hall–Kier alpha value is -4.76. The SMILES string of the molecule is Cc1c(NC(=O)c2ccc(C(C)(C)C)cc2)cccc1-c1nc(Nc2ccc(C(=O)N3CCOCC3)cc2)c(=O)n(C)c1C. The van der Waals surface area contributed by atoms with Gasteiger partial charge in [-0.25, -0.2) is 4.98 Å². The van der Waals surface area contributed by atoms with Crippen LogP contribution in [0.5, 0.6) is 0 Å². The molecule has 1 saturated heterocycles. The van der Waals surface area contributed by atoms with Crippen molar-refractivity contribution in [3.05, 3.63) is 105 Å². The van der Waals surface area contributed by atoms with E-state index in [1.165, 1.54) is 0 Å². The van der Waals surface area contributed by atoms with Crippen molar-refractivity contribution in [2.75, 3.05) is 36.9 Å². The second-order valence-electron chi connectivity index (χ2n) is 12.1. The average Bonchev–Trinajstić information content (AvgIpc) is 3.02. The summed E-state index contributed by atoms with van der Waals surface area (Å²) in [5.74, 6) is -0.0854. The maximum atomic E-state index is 13.2. The third-order valence-corrected chi connectivity index (χ3v) is 8.12. The van der Waals surface area contributed by atoms with Crippen LogP contribution in [0.2, 0.25) is 0 Å². The van der Waals surface area contributed by atoms with Crippen LogP contribution in [-0.2, 0) is 17.2 Å². The van der Waals surface area contributed by atoms with Crippen molar-refractivity contribution >= 4 is 29.0 Å². The maximum Gasteiger partial charge on any atom is 0.293 e. The molecular weight excluding hydrogens is 554 g/mol. The molecule has 2 heterocycles. The van der Waals surface area contributed by atoms with Crippen molar-refractivity contribution in [3.63, 3.8) is 0 Å². The fourth-order valence-electron chi connectivity index (χ4n) is 5.17. The normalized spacial score (nSPS) is 13.5. The minimum absolute atomic E-state index is 0.000188. The molecule has 44 heavy (non-hydrogen) atoms. The summed E-state index contributed by atoms with van der Waals surface area (Å²) < 4.78 is 6.90. The molecule has 228 valence electrons. The van der Waals surface area contributed by atoms with E-state index in [1.54, 1.807) is 40.8 Å². The van der Waals surface area contributed by atoms with E-state index in [-0.39, 0.29) is 28.6 Å². The van der Waals surface area contributed by atoms with Crippen LogP contribution in [-0.4, -0.2) is 52.6 Å². The largest absolute Gasteiger partial charge is 0.378 e. The summed E-state index contributed by atoms with van der Waals surface area (Å²) in [4.78, 5) is 45.7. The highest BCUT2D eigenvalue weighted by molar-refractivity contribution is 6.05. The Kier molecular flexibility index (Phi) is 8.69. The van der Waals surface area contributed by atoms with Gasteiger partial charge in [0.25, 0.3) is 17.4 Å². The van der Waals surface area contributed by atoms with Gasteiger partial charge in [-0.1, -0.05) is 45.0 Å². The zero-order valence-corrected chi connectivity index (χ0v) is 26.2. The molecule has 0 bridgehead atoms. The van der Waals surface area contributed by atoms with Crippen LogP contribution in [0.25, 0.3) is 11.3 Å². The topological polar surface area (TPSA) is 106 Å². The highest BCUT2D eigenvalue weighted by Gasteiger charge is 2.20. The van der Waals surface area contributed by atoms with Gasteiger partial charge in [0.15, 0.2) is 5.82 Å². The number of hydrogen-bond donors (Lipinski definition) is 2. The first-order valence-corrected chi connectivity index (χ1v) is 14.8. The molecule has 5 rings (SSSR count). The van der Waals surface area contributed by atoms with Crippen molar-refractivity contribution in [1.82, 2.24) is 14.5 Å². The minimum Gasteiger partial charge on any atom is -0.378 e. The van der Waals surface area contributed by atoms with Gasteiger partial charge in [0.05, 0.1) is 18.9 Å². The monoisotopic (exact) mass is 593 g/mol. The maximum absolute atomic E-state index is 13.2. The second kappa shape index (κ2) is 12.5. The number of carbonyl (C=O) groups is 2. The molecule has 9 nitrogen and oxygen atoms in total. The molecule has 9 heteroatoms. The van der Waals surface area contributed by atoms with Gasteiger partial charge in [0.1, 0.15) is 0 Å². The number of carbonyl (C=O) groups excluding carboxylic acids is 2. The zero-order chi connectivity index (χ0) is 31.6. The lowest BCUT2D eigenvalue weighted by Gasteiger charge is -2.26. The Morgan fingerprint density at radius 3 is 2.16 bits per heavy atom. The molecule has 4 aromatic rings. The van der Waals surface area contributed by atoms with E-state index in [0.29, 0.717) is 60.2 Å². The smallest absolute Gasteiger partial charge is 0.293 e. The van der Waals surface area contributed by atoms with Gasteiger partial charge >= 0.3 is 0 Å². The molecule has 0 saturated carbocycles. The Morgan fingerprint density at radius 2 is 1.52 bits per heavy atom. The molecule has 2 N–H and O–H groups in total. The summed E-state index contributed by atoms with van der Waals surface area (Å²) in [6, 6.07) is 20.3. The van der Waals surface area contributed by atoms with Crippen LogP contribution in [0, 0.1) is 13.8 Å². The van der Waals surface area contributed by atoms with E-state index in [2.05, 4.69) is 31.4 Å². The van der Waals surface area contributed by atoms with E-state index in [0.717, 1.165) is 16.7 Å². The molecule has 2 amide bonds. The van der Waals surface area contributed by atoms with Gasteiger partial charge in [-0.2, -0.15) is 0 Å². The van der Waals surface area contributed by atoms with Crippen LogP contribution < -0.4 is 16.2 Å². The van der Waals surface area contributed by atoms with Gasteiger partial charge in [-0.15, -0.1) is 0 Å². The number of morpholine rings is 1. The number of benzene rings is 3. The van der Waals surface area contributed by atoms with E-state index in [1.807, 2.05) is 56.3 Å². The standard InChI is InChI=1S/C35H39N5O4/c1-22-28(8-7-9-29(22)37-32(41)24-10-14-26(15-11-24)35(3,4)5)30-23(2)39(6)34(43)31(38-30)36-27-16-12-25(13-17-27)33(42)40-18-20-44-21-19-40/h7-17H,18-21H2,1-6H3,(H,36,38)(H,37,41). The van der Waals surface area contributed by atoms with Crippen LogP contribution >= 0.6 is 0 Å². The van der Waals surface area contributed by atoms with E-state index >= 15 is 0 Å². The van der Waals surface area contributed by atoms with Crippen molar-refractivity contribution in [2.45, 2.75) is 40.0 Å². The molecule has 0 unspecified atom stereocenters. The molecule has 0 spiro atoms. The summed E-state index contributed by atoms with van der Waals surface area (Å²) in [5, 5.41) is 6.18. The summed E-state index contributed by atoms with van der Waals surface area (Å²) in [7, 11) is 1.71. The molecular formula is C35H39N5O4. The third-order valence-electron chi connectivity index (χ3n) is 8.12. The number of ether oxygens (including phenoxy) is 1. The molecule has 3 aromatic carbocycles. The predicted molar refractivity (Wildman–Crippen MR) is 174 cm³/mol. The molecule has 0 atom stereocenters. The zero-order valence-electron chi connectivity index (χ0n) is 26.2. The first-order valence-electron chi connectivity index (χ1n) is 14.8. The van der Waals surface area contributed by atoms with Gasteiger partial charge in [0.2, 0.25) is 0 Å². The first-order chi connectivity index (χ1) is 20.9. The van der Waals surface area contributed by atoms with E-state index in [4.69, 9.17) is 9.72 Å². The Bertz CT molecular complexity index is 1750. The van der Waals surface area contributed by atoms with Gasteiger partial charge in [0, 0.05) is 53.9 Å². The molecule has 1 aliphatic heterocycles. The molecule has 0 aliphatic carbocycles. The van der Waals surface area contributed by atoms with Crippen LogP contribution in [0.4, 0.5) is 17.2 Å². The summed E-state index contributed by atoms with van der Waals surface area (Å²) in [5.41, 5.74) is 6.27. The van der Waals surface area contributed by atoms with Crippen LogP contribution in [0.15, 0.2) is 71.5 Å². The number of anilines is 3. The summed E-state index contributed by atoms with van der Waals surface area (Å²) in [6.07, 6.45) is 0. The van der Waals surface area contributed by atoms with E-state index < -0.39 is 0 Å². The summed E-state index contributed by atoms with van der Waals surface area (Å²) in [6.45, 7) is 12.4. The number of hydrogen-bond acceptors (Lipinski definition) is 6. The number of nitrogens with one attached hydrogen (secondary N) is 2. The average molecular weight is 594 g/mol. The van der Waals surface area contributed by atoms with Crippen LogP contribution in [0.1, 0.15) is 58.3 Å². The highest BCUT2D eigenvalue weighted by Crippen LogP contribution is 2.30. The van der Waals surface area contributed by atoms with Gasteiger partial charge in [-0.3, -0.25) is 14.4 Å². The number of aromatic nitrogens is 2. The van der Waals surface area contributed by atoms with Gasteiger partial charge < -0.3 is 24.8 Å². The lowest BCUT2D eigenvalue weighted by molar-refractivity contribution is 0.0303. The lowest BCUT2D eigenvalue weighted by atomic mass is 9.86. The number of nitrogens with zero attached hydrogens (tertiary/aromatic N) is 3. The highest BCUT2D eigenvalue weighted by atomic mass is 16.5. The molecule has 1 fully saturated rings. The predicted octanol–water partition coefficient (Wildman–Crippen LogP) is 5.83. The van der Waals surface area contributed by atoms with Gasteiger partial charge in [-0.05, 0) is 72.9 Å². The molecule has 1 aromatic heterocycles. The van der Waals surface area contributed by atoms with E-state index in [9.17, 15) is 14.4 Å². The van der Waals surface area contributed by atoms with Crippen molar-refractivity contribution in [2.24, 2.45) is 7.05 Å². The Labute approximate surface area is 257 Å². The fourth-order valence-corrected chi connectivity index (χ4v) is 5.17. The number of amides is 2. The second-order valence-corrected chi connectivity index (χ2v) is 12.1. The lowest BCUT2D eigenvalue weighted by Crippen LogP contribution is -2.40.